The van der Waals surface area contributed by atoms with Crippen LogP contribution in [0.3, 0.4) is 0 Å². The summed E-state index contributed by atoms with van der Waals surface area (Å²) >= 11 is 0. The van der Waals surface area contributed by atoms with Crippen LogP contribution in [0.1, 0.15) is 63.6 Å². The number of carbonyl (C=O) groups excluding carboxylic acids is 1. The summed E-state index contributed by atoms with van der Waals surface area (Å²) in [5.41, 5.74) is 5.20. The molecular formula is C42H51N4O4P. The number of urea groups is 1. The normalized spacial score (nSPS) is 12.3. The molecule has 268 valence electrons. The first-order valence-electron chi connectivity index (χ1n) is 17.6. The average molecular weight is 707 g/mol. The molecule has 1 heterocycles. The summed E-state index contributed by atoms with van der Waals surface area (Å²) in [7, 11) is -1.22. The molecule has 4 aromatic carbocycles. The molecule has 5 aromatic rings. The van der Waals surface area contributed by atoms with E-state index >= 15 is 0 Å². The third-order valence-electron chi connectivity index (χ3n) is 9.58. The van der Waals surface area contributed by atoms with Crippen molar-refractivity contribution >= 4 is 52.1 Å². The fourth-order valence-electron chi connectivity index (χ4n) is 6.96. The number of anilines is 4. The molecule has 0 bridgehead atoms. The van der Waals surface area contributed by atoms with Gasteiger partial charge in [-0.25, -0.2) is 9.78 Å². The highest BCUT2D eigenvalue weighted by Crippen LogP contribution is 2.46. The van der Waals surface area contributed by atoms with E-state index in [0.717, 1.165) is 41.3 Å². The van der Waals surface area contributed by atoms with E-state index < -0.39 is 13.2 Å². The van der Waals surface area contributed by atoms with Crippen molar-refractivity contribution in [2.75, 3.05) is 36.4 Å². The molecule has 0 aliphatic heterocycles. The van der Waals surface area contributed by atoms with Crippen LogP contribution in [0.4, 0.5) is 27.7 Å². The summed E-state index contributed by atoms with van der Waals surface area (Å²) in [6.45, 7) is 16.5. The van der Waals surface area contributed by atoms with Gasteiger partial charge < -0.3 is 30.0 Å². The van der Waals surface area contributed by atoms with Crippen molar-refractivity contribution in [2.24, 2.45) is 5.92 Å². The van der Waals surface area contributed by atoms with Gasteiger partial charge in [-0.2, -0.15) is 0 Å². The van der Waals surface area contributed by atoms with Gasteiger partial charge in [0.15, 0.2) is 5.75 Å². The zero-order valence-corrected chi connectivity index (χ0v) is 32.2. The Morgan fingerprint density at radius 1 is 0.882 bits per heavy atom. The number of nitrogens with zero attached hydrogens (tertiary/aromatic N) is 1. The third-order valence-corrected chi connectivity index (χ3v) is 11.1. The first-order chi connectivity index (χ1) is 24.2. The van der Waals surface area contributed by atoms with Crippen LogP contribution in [0.2, 0.25) is 0 Å². The zero-order valence-electron chi connectivity index (χ0n) is 31.3. The number of rotatable bonds is 13. The number of methoxy groups -OCH3 is 1. The first-order valence-corrected chi connectivity index (χ1v) is 20.2. The molecule has 51 heavy (non-hydrogen) atoms. The van der Waals surface area contributed by atoms with Gasteiger partial charge in [0, 0.05) is 28.7 Å². The van der Waals surface area contributed by atoms with Crippen molar-refractivity contribution in [3.8, 4) is 17.2 Å². The topological polar surface area (TPSA) is 102 Å². The minimum absolute atomic E-state index is 0.217. The van der Waals surface area contributed by atoms with Crippen molar-refractivity contribution in [1.29, 1.82) is 0 Å². The summed E-state index contributed by atoms with van der Waals surface area (Å²) in [5, 5.41) is 11.7. The second kappa shape index (κ2) is 15.6. The van der Waals surface area contributed by atoms with Gasteiger partial charge in [0.1, 0.15) is 24.5 Å². The molecule has 0 radical (unpaired) electrons. The minimum atomic E-state index is -2.77. The highest BCUT2D eigenvalue weighted by Gasteiger charge is 2.33. The number of pyridine rings is 1. The van der Waals surface area contributed by atoms with Crippen LogP contribution in [0, 0.1) is 19.8 Å². The van der Waals surface area contributed by atoms with E-state index in [1.54, 1.807) is 26.6 Å². The Morgan fingerprint density at radius 2 is 1.57 bits per heavy atom. The van der Waals surface area contributed by atoms with E-state index in [0.29, 0.717) is 45.7 Å². The smallest absolute Gasteiger partial charge is 0.323 e. The molecule has 0 fully saturated rings. The Labute approximate surface area is 302 Å². The van der Waals surface area contributed by atoms with Crippen molar-refractivity contribution in [2.45, 2.75) is 66.2 Å². The number of benzene rings is 4. The minimum Gasteiger partial charge on any atom is -0.494 e. The molecule has 0 spiro atoms. The molecule has 0 aliphatic carbocycles. The van der Waals surface area contributed by atoms with Gasteiger partial charge >= 0.3 is 6.03 Å². The lowest BCUT2D eigenvalue weighted by Gasteiger charge is -2.36. The summed E-state index contributed by atoms with van der Waals surface area (Å²) in [5.74, 6) is 2.76. The molecule has 8 nitrogen and oxygen atoms in total. The molecule has 0 aliphatic rings. The van der Waals surface area contributed by atoms with Crippen molar-refractivity contribution in [3.05, 3.63) is 102 Å². The van der Waals surface area contributed by atoms with E-state index in [1.165, 1.54) is 11.1 Å². The predicted molar refractivity (Wildman–Crippen MR) is 214 cm³/mol. The predicted octanol–water partition coefficient (Wildman–Crippen LogP) is 11.4. The maximum atomic E-state index is 13.7. The number of amides is 2. The second-order valence-electron chi connectivity index (χ2n) is 14.3. The maximum Gasteiger partial charge on any atom is 0.323 e. The Kier molecular flexibility index (Phi) is 11.5. The average Bonchev–Trinajstić information content (AvgIpc) is 3.07. The number of hydrogen-bond donors (Lipinski definition) is 3. The first kappa shape index (κ1) is 37.4. The van der Waals surface area contributed by atoms with Crippen LogP contribution < -0.4 is 30.7 Å². The van der Waals surface area contributed by atoms with E-state index in [9.17, 15) is 9.36 Å². The molecular weight excluding hydrogens is 655 g/mol. The molecule has 2 amide bonds. The van der Waals surface area contributed by atoms with Gasteiger partial charge in [-0.3, -0.25) is 0 Å². The van der Waals surface area contributed by atoms with Crippen LogP contribution in [-0.4, -0.2) is 31.5 Å². The van der Waals surface area contributed by atoms with Crippen molar-refractivity contribution < 1.29 is 18.8 Å². The lowest BCUT2D eigenvalue weighted by atomic mass is 9.70. The second-order valence-corrected chi connectivity index (χ2v) is 17.4. The van der Waals surface area contributed by atoms with Gasteiger partial charge in [-0.15, -0.1) is 0 Å². The number of carbonyl (C=O) groups is 1. The van der Waals surface area contributed by atoms with E-state index in [1.807, 2.05) is 60.7 Å². The Balaban J connectivity index is 1.42. The molecule has 1 aromatic heterocycles. The maximum absolute atomic E-state index is 13.7. The van der Waals surface area contributed by atoms with Gasteiger partial charge in [0.05, 0.1) is 23.8 Å². The van der Waals surface area contributed by atoms with Crippen LogP contribution in [0.5, 0.6) is 17.2 Å². The molecule has 0 saturated heterocycles. The molecule has 3 N–H and O–H groups in total. The molecule has 9 heteroatoms. The molecule has 1 atom stereocenters. The lowest BCUT2D eigenvalue weighted by molar-refractivity contribution is 0.262. The van der Waals surface area contributed by atoms with Crippen LogP contribution in [-0.2, 0) is 9.98 Å². The zero-order chi connectivity index (χ0) is 36.9. The number of aryl methyl sites for hydroxylation is 2. The van der Waals surface area contributed by atoms with Crippen LogP contribution in [0.15, 0.2) is 85.1 Å². The number of nitrogens with one attached hydrogen (secondary N) is 3. The summed E-state index contributed by atoms with van der Waals surface area (Å²) in [6.07, 6.45) is 4.87. The van der Waals surface area contributed by atoms with Gasteiger partial charge in [-0.1, -0.05) is 70.9 Å². The van der Waals surface area contributed by atoms with E-state index in [2.05, 4.69) is 80.7 Å². The Morgan fingerprint density at radius 3 is 2.22 bits per heavy atom. The summed E-state index contributed by atoms with van der Waals surface area (Å²) in [4.78, 5) is 18.2. The summed E-state index contributed by atoms with van der Waals surface area (Å²) in [6, 6.07) is 25.0. The van der Waals surface area contributed by atoms with Crippen LogP contribution in [0.25, 0.3) is 10.8 Å². The van der Waals surface area contributed by atoms with Gasteiger partial charge in [0.2, 0.25) is 0 Å². The molecule has 5 rings (SSSR count). The van der Waals surface area contributed by atoms with Crippen LogP contribution >= 0.6 is 7.14 Å². The molecule has 1 unspecified atom stereocenters. The quantitative estimate of drug-likeness (QED) is 0.105. The largest absolute Gasteiger partial charge is 0.494 e. The number of hydrogen-bond acceptors (Lipinski definition) is 6. The van der Waals surface area contributed by atoms with E-state index in [4.69, 9.17) is 9.47 Å². The fraction of sp³-hybridized carbons (Fsp3) is 0.333. The standard InChI is InChI=1S/C42H51N4O4P/c1-10-14-29(11-2)42(5,6)30-24-36(40(49-7)38(25-30)51(8,9)48)46-41(47)45-35-17-18-37(34-16-13-12-15-33(34)35)50-32-19-20-43-39(26-32)44-31-22-27(3)21-28(4)23-31/h12-13,15-26,29H,10-11,14H2,1-9H3,(H,43,44)(H2,45,46,47). The van der Waals surface area contributed by atoms with Crippen molar-refractivity contribution in [1.82, 2.24) is 4.98 Å². The lowest BCUT2D eigenvalue weighted by Crippen LogP contribution is -2.30. The highest BCUT2D eigenvalue weighted by atomic mass is 31.2. The number of fused-ring (bicyclic) bond motifs is 1. The monoisotopic (exact) mass is 706 g/mol. The van der Waals surface area contributed by atoms with E-state index in [-0.39, 0.29) is 5.41 Å². The summed E-state index contributed by atoms with van der Waals surface area (Å²) < 4.78 is 25.8. The third kappa shape index (κ3) is 8.74. The number of ether oxygens (including phenoxy) is 2. The van der Waals surface area contributed by atoms with Gasteiger partial charge in [0.25, 0.3) is 0 Å². The van der Waals surface area contributed by atoms with Crippen molar-refractivity contribution in [3.63, 3.8) is 0 Å². The Bertz CT molecular complexity index is 2070. The SMILES string of the molecule is CCCC(CC)C(C)(C)c1cc(NC(=O)Nc2ccc(Oc3ccnc(Nc4cc(C)cc(C)c4)c3)c3ccccc23)c(OC)c(P(C)(C)=O)c1. The van der Waals surface area contributed by atoms with Gasteiger partial charge in [-0.05, 0) is 104 Å². The highest BCUT2D eigenvalue weighted by molar-refractivity contribution is 7.70. The molecule has 0 saturated carbocycles. The Hall–Kier alpha value is -4.81. The fourth-order valence-corrected chi connectivity index (χ4v) is 8.11. The number of aromatic nitrogens is 1.